The molecule has 0 bridgehead atoms. The second kappa shape index (κ2) is 12.5. The molecule has 2 aliphatic rings. The van der Waals surface area contributed by atoms with Gasteiger partial charge in [-0.2, -0.15) is 0 Å². The fourth-order valence-electron chi connectivity index (χ4n) is 8.41. The zero-order valence-electron chi connectivity index (χ0n) is 27.7. The zero-order chi connectivity index (χ0) is 31.9. The van der Waals surface area contributed by atoms with Crippen molar-refractivity contribution in [2.45, 2.75) is 38.5 Å². The molecule has 0 aromatic heterocycles. The van der Waals surface area contributed by atoms with Crippen molar-refractivity contribution in [2.24, 2.45) is 0 Å². The van der Waals surface area contributed by atoms with Crippen molar-refractivity contribution in [3.8, 4) is 33.4 Å². The molecule has 2 heteroatoms. The standard InChI is InChI=1S/C46H42N2/c1-5-15-33(16-6-1)41-29-35-19-9-10-20-36(35)30-42(41)46-40-24-22-37(47-25-11-3-12-26-47)31-43(40)45(34-17-7-2-8-18-34)39-23-21-38(32-44(39)46)48-27-13-4-14-28-48/h1-2,5-10,15-24,29-32H,3-4,11-14,25-28H2. The Balaban J connectivity index is 1.42. The van der Waals surface area contributed by atoms with Gasteiger partial charge in [0.1, 0.15) is 0 Å². The number of nitrogens with zero attached hydrogens (tertiary/aromatic N) is 2. The van der Waals surface area contributed by atoms with Gasteiger partial charge >= 0.3 is 0 Å². The first-order valence-electron chi connectivity index (χ1n) is 18.0. The third-order valence-corrected chi connectivity index (χ3v) is 10.8. The van der Waals surface area contributed by atoms with Crippen LogP contribution in [0.4, 0.5) is 11.4 Å². The highest BCUT2D eigenvalue weighted by molar-refractivity contribution is 6.24. The van der Waals surface area contributed by atoms with Gasteiger partial charge in [-0.05, 0) is 141 Å². The minimum absolute atomic E-state index is 1.13. The maximum absolute atomic E-state index is 2.61. The maximum Gasteiger partial charge on any atom is 0.0372 e. The largest absolute Gasteiger partial charge is 0.372 e. The topological polar surface area (TPSA) is 6.48 Å². The molecule has 0 atom stereocenters. The third kappa shape index (κ3) is 5.21. The summed E-state index contributed by atoms with van der Waals surface area (Å²) in [4.78, 5) is 5.21. The predicted octanol–water partition coefficient (Wildman–Crippen LogP) is 12.1. The lowest BCUT2D eigenvalue weighted by atomic mass is 9.82. The van der Waals surface area contributed by atoms with Crippen LogP contribution in [0.1, 0.15) is 38.5 Å². The average Bonchev–Trinajstić information content (AvgIpc) is 3.17. The smallest absolute Gasteiger partial charge is 0.0372 e. The molecule has 7 aromatic carbocycles. The molecule has 0 radical (unpaired) electrons. The van der Waals surface area contributed by atoms with Crippen molar-refractivity contribution in [1.82, 2.24) is 0 Å². The molecule has 9 rings (SSSR count). The highest BCUT2D eigenvalue weighted by Crippen LogP contribution is 2.48. The summed E-state index contributed by atoms with van der Waals surface area (Å²) in [6.45, 7) is 4.53. The molecule has 0 amide bonds. The SMILES string of the molecule is c1ccc(-c2cc3ccccc3cc2-c2c3ccc(N4CCCCC4)cc3c(-c3ccccc3)c3ccc(N4CCCCC4)cc23)cc1. The summed E-state index contributed by atoms with van der Waals surface area (Å²) in [6.07, 6.45) is 7.72. The van der Waals surface area contributed by atoms with Crippen LogP contribution in [0.5, 0.6) is 0 Å². The lowest BCUT2D eigenvalue weighted by molar-refractivity contribution is 0.578. The van der Waals surface area contributed by atoms with Crippen LogP contribution in [0, 0.1) is 0 Å². The highest BCUT2D eigenvalue weighted by Gasteiger charge is 2.23. The van der Waals surface area contributed by atoms with Gasteiger partial charge in [0.05, 0.1) is 0 Å². The highest BCUT2D eigenvalue weighted by atomic mass is 15.1. The molecule has 2 nitrogen and oxygen atoms in total. The zero-order valence-corrected chi connectivity index (χ0v) is 27.7. The van der Waals surface area contributed by atoms with E-state index in [1.54, 1.807) is 0 Å². The molecular formula is C46H42N2. The Morgan fingerprint density at radius 3 is 1.35 bits per heavy atom. The molecule has 2 saturated heterocycles. The molecule has 2 aliphatic heterocycles. The van der Waals surface area contributed by atoms with Crippen LogP contribution >= 0.6 is 0 Å². The quantitative estimate of drug-likeness (QED) is 0.176. The number of hydrogen-bond acceptors (Lipinski definition) is 2. The number of benzene rings is 7. The van der Waals surface area contributed by atoms with E-state index in [4.69, 9.17) is 0 Å². The van der Waals surface area contributed by atoms with Gasteiger partial charge in [0, 0.05) is 37.6 Å². The third-order valence-electron chi connectivity index (χ3n) is 10.8. The summed E-state index contributed by atoms with van der Waals surface area (Å²) >= 11 is 0. The summed E-state index contributed by atoms with van der Waals surface area (Å²) in [5.41, 5.74) is 10.5. The van der Waals surface area contributed by atoms with Crippen LogP contribution in [0.3, 0.4) is 0 Å². The second-order valence-corrected chi connectivity index (χ2v) is 13.8. The molecule has 236 valence electrons. The average molecular weight is 623 g/mol. The minimum atomic E-state index is 1.13. The van der Waals surface area contributed by atoms with Crippen molar-refractivity contribution in [3.63, 3.8) is 0 Å². The van der Waals surface area contributed by atoms with Crippen molar-refractivity contribution in [1.29, 1.82) is 0 Å². The van der Waals surface area contributed by atoms with E-state index < -0.39 is 0 Å². The Kier molecular flexibility index (Phi) is 7.58. The van der Waals surface area contributed by atoms with Crippen LogP contribution in [-0.4, -0.2) is 26.2 Å². The summed E-state index contributed by atoms with van der Waals surface area (Å²) in [5.74, 6) is 0. The van der Waals surface area contributed by atoms with E-state index in [1.165, 1.54) is 116 Å². The number of hydrogen-bond donors (Lipinski definition) is 0. The molecule has 0 saturated carbocycles. The lowest BCUT2D eigenvalue weighted by Crippen LogP contribution is -2.29. The van der Waals surface area contributed by atoms with Gasteiger partial charge in [0.2, 0.25) is 0 Å². The Morgan fingerprint density at radius 1 is 0.333 bits per heavy atom. The Hall–Kier alpha value is -5.08. The number of fused-ring (bicyclic) bond motifs is 3. The molecule has 48 heavy (non-hydrogen) atoms. The van der Waals surface area contributed by atoms with Gasteiger partial charge in [-0.15, -0.1) is 0 Å². The number of anilines is 2. The fourth-order valence-corrected chi connectivity index (χ4v) is 8.41. The fraction of sp³-hybridized carbons (Fsp3) is 0.217. The normalized spacial score (nSPS) is 15.4. The van der Waals surface area contributed by atoms with E-state index in [2.05, 4.69) is 143 Å². The minimum Gasteiger partial charge on any atom is -0.372 e. The molecule has 0 N–H and O–H groups in total. The predicted molar refractivity (Wildman–Crippen MR) is 207 cm³/mol. The summed E-state index contributed by atoms with van der Waals surface area (Å²) in [7, 11) is 0. The van der Waals surface area contributed by atoms with Crippen LogP contribution in [0.2, 0.25) is 0 Å². The van der Waals surface area contributed by atoms with Crippen LogP contribution < -0.4 is 9.80 Å². The summed E-state index contributed by atoms with van der Waals surface area (Å²) in [6, 6.07) is 50.5. The van der Waals surface area contributed by atoms with E-state index in [0.717, 1.165) is 26.2 Å². The van der Waals surface area contributed by atoms with Gasteiger partial charge in [-0.25, -0.2) is 0 Å². The molecule has 0 aliphatic carbocycles. The van der Waals surface area contributed by atoms with Crippen LogP contribution in [0.15, 0.2) is 133 Å². The van der Waals surface area contributed by atoms with Gasteiger partial charge in [-0.1, -0.05) is 97.1 Å². The Bertz CT molecular complexity index is 2240. The Labute approximate surface area is 284 Å². The van der Waals surface area contributed by atoms with Crippen molar-refractivity contribution in [2.75, 3.05) is 36.0 Å². The van der Waals surface area contributed by atoms with Crippen molar-refractivity contribution in [3.05, 3.63) is 133 Å². The van der Waals surface area contributed by atoms with Gasteiger partial charge in [0.15, 0.2) is 0 Å². The monoisotopic (exact) mass is 622 g/mol. The van der Waals surface area contributed by atoms with E-state index in [-0.39, 0.29) is 0 Å². The van der Waals surface area contributed by atoms with Crippen molar-refractivity contribution < 1.29 is 0 Å². The van der Waals surface area contributed by atoms with Crippen LogP contribution in [-0.2, 0) is 0 Å². The first kappa shape index (κ1) is 29.1. The second-order valence-electron chi connectivity index (χ2n) is 13.8. The lowest BCUT2D eigenvalue weighted by Gasteiger charge is -2.31. The van der Waals surface area contributed by atoms with Crippen LogP contribution in [0.25, 0.3) is 65.7 Å². The molecular weight excluding hydrogens is 581 g/mol. The summed E-state index contributed by atoms with van der Waals surface area (Å²) < 4.78 is 0. The number of rotatable bonds is 5. The van der Waals surface area contributed by atoms with Gasteiger partial charge in [-0.3, -0.25) is 0 Å². The first-order chi connectivity index (χ1) is 23.8. The maximum atomic E-state index is 2.61. The van der Waals surface area contributed by atoms with E-state index in [9.17, 15) is 0 Å². The molecule has 7 aromatic rings. The van der Waals surface area contributed by atoms with E-state index in [1.807, 2.05) is 0 Å². The van der Waals surface area contributed by atoms with Gasteiger partial charge < -0.3 is 9.80 Å². The Morgan fingerprint density at radius 2 is 0.792 bits per heavy atom. The van der Waals surface area contributed by atoms with Gasteiger partial charge in [0.25, 0.3) is 0 Å². The van der Waals surface area contributed by atoms with Crippen molar-refractivity contribution >= 4 is 43.7 Å². The molecule has 2 fully saturated rings. The van der Waals surface area contributed by atoms with E-state index in [0.29, 0.717) is 0 Å². The van der Waals surface area contributed by atoms with E-state index >= 15 is 0 Å². The summed E-state index contributed by atoms with van der Waals surface area (Å²) in [5, 5.41) is 7.87. The molecule has 0 unspecified atom stereocenters. The first-order valence-corrected chi connectivity index (χ1v) is 18.0. The molecule has 0 spiro atoms. The molecule has 2 heterocycles. The number of piperidine rings is 2.